The predicted molar refractivity (Wildman–Crippen MR) is 62.4 cm³/mol. The number of amidine groups is 1. The first-order valence-electron chi connectivity index (χ1n) is 5.08. The Balaban J connectivity index is 2.19. The van der Waals surface area contributed by atoms with Gasteiger partial charge < -0.3 is 9.47 Å². The number of benzene rings is 1. The van der Waals surface area contributed by atoms with Crippen molar-refractivity contribution in [3.63, 3.8) is 0 Å². The number of ether oxygens (including phenoxy) is 2. The van der Waals surface area contributed by atoms with Crippen molar-refractivity contribution in [2.75, 3.05) is 7.11 Å². The molecule has 2 N–H and O–H groups in total. The van der Waals surface area contributed by atoms with Gasteiger partial charge in [0.05, 0.1) is 7.11 Å². The molecule has 1 amide bonds. The third-order valence-corrected chi connectivity index (χ3v) is 2.30. The molecule has 1 aromatic carbocycles. The molecule has 0 aliphatic carbocycles. The summed E-state index contributed by atoms with van der Waals surface area (Å²) in [6.45, 7) is 0. The van der Waals surface area contributed by atoms with Crippen molar-refractivity contribution >= 4 is 17.7 Å². The lowest BCUT2D eigenvalue weighted by Gasteiger charge is -2.00. The first kappa shape index (κ1) is 11.8. The molecule has 0 radical (unpaired) electrons. The molecule has 1 aliphatic heterocycles. The quantitative estimate of drug-likeness (QED) is 0.611. The van der Waals surface area contributed by atoms with Gasteiger partial charge >= 0.3 is 0 Å². The van der Waals surface area contributed by atoms with Crippen LogP contribution in [0, 0.1) is 5.41 Å². The summed E-state index contributed by atoms with van der Waals surface area (Å²) in [5.74, 6) is -0.518. The molecule has 0 saturated carbocycles. The zero-order chi connectivity index (χ0) is 13.1. The fourth-order valence-electron chi connectivity index (χ4n) is 1.40. The smallest absolute Gasteiger partial charge is 0.295 e. The van der Waals surface area contributed by atoms with Gasteiger partial charge in [-0.2, -0.15) is 0 Å². The minimum absolute atomic E-state index is 0.180. The number of hydrogen-bond donors (Lipinski definition) is 2. The average Bonchev–Trinajstić information content (AvgIpc) is 2.68. The second-order valence-electron chi connectivity index (χ2n) is 3.49. The molecule has 92 valence electrons. The number of rotatable bonds is 3. The van der Waals surface area contributed by atoms with Crippen LogP contribution in [0.2, 0.25) is 0 Å². The van der Waals surface area contributed by atoms with E-state index in [4.69, 9.17) is 14.9 Å². The Morgan fingerprint density at radius 1 is 1.39 bits per heavy atom. The number of carbonyl (C=O) groups excluding carboxylic acids is 2. The minimum Gasteiger partial charge on any atom is -0.497 e. The Kier molecular flexibility index (Phi) is 3.09. The fourth-order valence-corrected chi connectivity index (χ4v) is 1.40. The van der Waals surface area contributed by atoms with Gasteiger partial charge in [0.15, 0.2) is 11.5 Å². The van der Waals surface area contributed by atoms with Crippen LogP contribution in [0.25, 0.3) is 0 Å². The summed E-state index contributed by atoms with van der Waals surface area (Å²) >= 11 is 0. The minimum atomic E-state index is -0.595. The molecule has 0 atom stereocenters. The van der Waals surface area contributed by atoms with Gasteiger partial charge in [-0.05, 0) is 24.3 Å². The maximum absolute atomic E-state index is 11.8. The van der Waals surface area contributed by atoms with Gasteiger partial charge in [-0.15, -0.1) is 0 Å². The molecule has 18 heavy (non-hydrogen) atoms. The van der Waals surface area contributed by atoms with E-state index < -0.39 is 5.91 Å². The van der Waals surface area contributed by atoms with Crippen LogP contribution >= 0.6 is 0 Å². The molecule has 1 aromatic rings. The van der Waals surface area contributed by atoms with Crippen molar-refractivity contribution in [1.82, 2.24) is 5.32 Å². The van der Waals surface area contributed by atoms with Crippen molar-refractivity contribution in [2.45, 2.75) is 0 Å². The summed E-state index contributed by atoms with van der Waals surface area (Å²) in [4.78, 5) is 23.0. The first-order chi connectivity index (χ1) is 8.60. The first-order valence-corrected chi connectivity index (χ1v) is 5.08. The van der Waals surface area contributed by atoms with Crippen molar-refractivity contribution in [2.24, 2.45) is 0 Å². The molecule has 1 aliphatic rings. The lowest BCUT2D eigenvalue weighted by molar-refractivity contribution is -0.116. The van der Waals surface area contributed by atoms with Crippen molar-refractivity contribution in [1.29, 1.82) is 5.41 Å². The Labute approximate surface area is 103 Å². The normalized spacial score (nSPS) is 16.4. The van der Waals surface area contributed by atoms with Crippen molar-refractivity contribution < 1.29 is 19.1 Å². The zero-order valence-corrected chi connectivity index (χ0v) is 9.52. The monoisotopic (exact) mass is 246 g/mol. The van der Waals surface area contributed by atoms with E-state index in [1.165, 1.54) is 7.11 Å². The van der Waals surface area contributed by atoms with Crippen LogP contribution in [0.4, 0.5) is 0 Å². The zero-order valence-electron chi connectivity index (χ0n) is 9.52. The standard InChI is InChI=1S/C12H10N2O4/c1-17-8-4-2-7(3-5-8)9(15)6-10-11(16)14-12(13)18-10/h2-6H,1H3,(H2,13,14,16)/b10-6+. The number of amides is 1. The number of carbonyl (C=O) groups is 2. The highest BCUT2D eigenvalue weighted by Crippen LogP contribution is 2.13. The third kappa shape index (κ3) is 2.37. The molecule has 1 saturated heterocycles. The summed E-state index contributed by atoms with van der Waals surface area (Å²) < 4.78 is 9.72. The molecule has 0 unspecified atom stereocenters. The number of hydrogen-bond acceptors (Lipinski definition) is 5. The summed E-state index contributed by atoms with van der Waals surface area (Å²) in [5, 5.41) is 9.21. The van der Waals surface area contributed by atoms with Crippen molar-refractivity contribution in [3.05, 3.63) is 41.7 Å². The van der Waals surface area contributed by atoms with Crippen LogP contribution in [0.15, 0.2) is 36.1 Å². The SMILES string of the molecule is COc1ccc(C(=O)/C=C2/OC(=N)NC2=O)cc1. The van der Waals surface area contributed by atoms with Crippen molar-refractivity contribution in [3.8, 4) is 5.75 Å². The Hall–Kier alpha value is -2.63. The van der Waals surface area contributed by atoms with Gasteiger partial charge in [-0.1, -0.05) is 0 Å². The van der Waals surface area contributed by atoms with E-state index in [0.717, 1.165) is 6.08 Å². The molecular weight excluding hydrogens is 236 g/mol. The van der Waals surface area contributed by atoms with Gasteiger partial charge in [-0.25, -0.2) is 0 Å². The molecular formula is C12H10N2O4. The van der Waals surface area contributed by atoms with Gasteiger partial charge in [0.1, 0.15) is 5.75 Å². The van der Waals surface area contributed by atoms with Gasteiger partial charge in [0, 0.05) is 11.6 Å². The molecule has 6 heteroatoms. The Morgan fingerprint density at radius 3 is 2.56 bits per heavy atom. The Bertz CT molecular complexity index is 546. The highest BCUT2D eigenvalue weighted by molar-refractivity contribution is 6.14. The molecule has 0 spiro atoms. The van der Waals surface area contributed by atoms with E-state index in [2.05, 4.69) is 5.32 Å². The van der Waals surface area contributed by atoms with E-state index in [1.807, 2.05) is 0 Å². The molecule has 1 heterocycles. The second-order valence-corrected chi connectivity index (χ2v) is 3.49. The molecule has 2 rings (SSSR count). The lowest BCUT2D eigenvalue weighted by atomic mass is 10.1. The van der Waals surface area contributed by atoms with E-state index in [0.29, 0.717) is 11.3 Å². The number of ketones is 1. The van der Waals surface area contributed by atoms with Gasteiger partial charge in [0.2, 0.25) is 0 Å². The Morgan fingerprint density at radius 2 is 2.06 bits per heavy atom. The molecule has 1 fully saturated rings. The lowest BCUT2D eigenvalue weighted by Crippen LogP contribution is -2.19. The molecule has 0 aromatic heterocycles. The summed E-state index contributed by atoms with van der Waals surface area (Å²) in [7, 11) is 1.53. The summed E-state index contributed by atoms with van der Waals surface area (Å²) in [6.07, 6.45) is 1.05. The van der Waals surface area contributed by atoms with Crippen LogP contribution in [-0.2, 0) is 9.53 Å². The molecule has 6 nitrogen and oxygen atoms in total. The maximum Gasteiger partial charge on any atom is 0.295 e. The van der Waals surface area contributed by atoms with E-state index >= 15 is 0 Å². The van der Waals surface area contributed by atoms with Crippen LogP contribution in [0.1, 0.15) is 10.4 Å². The number of allylic oxidation sites excluding steroid dienone is 1. The second kappa shape index (κ2) is 4.70. The van der Waals surface area contributed by atoms with Gasteiger partial charge in [-0.3, -0.25) is 20.3 Å². The number of methoxy groups -OCH3 is 1. The predicted octanol–water partition coefficient (Wildman–Crippen LogP) is 0.843. The topological polar surface area (TPSA) is 88.5 Å². The summed E-state index contributed by atoms with van der Waals surface area (Å²) in [5.41, 5.74) is 0.401. The average molecular weight is 246 g/mol. The van der Waals surface area contributed by atoms with E-state index in [1.54, 1.807) is 24.3 Å². The van der Waals surface area contributed by atoms with Crippen LogP contribution in [-0.4, -0.2) is 24.8 Å². The maximum atomic E-state index is 11.8. The summed E-state index contributed by atoms with van der Waals surface area (Å²) in [6, 6.07) is 6.06. The van der Waals surface area contributed by atoms with E-state index in [-0.39, 0.29) is 17.6 Å². The highest BCUT2D eigenvalue weighted by Gasteiger charge is 2.24. The fraction of sp³-hybridized carbons (Fsp3) is 0.0833. The highest BCUT2D eigenvalue weighted by atomic mass is 16.5. The largest absolute Gasteiger partial charge is 0.497 e. The number of nitrogens with one attached hydrogen (secondary N) is 2. The van der Waals surface area contributed by atoms with Crippen LogP contribution in [0.3, 0.4) is 0 Å². The van der Waals surface area contributed by atoms with Crippen LogP contribution in [0.5, 0.6) is 5.75 Å². The van der Waals surface area contributed by atoms with E-state index in [9.17, 15) is 9.59 Å². The van der Waals surface area contributed by atoms with Gasteiger partial charge in [0.25, 0.3) is 11.9 Å². The third-order valence-electron chi connectivity index (χ3n) is 2.30. The van der Waals surface area contributed by atoms with Crippen LogP contribution < -0.4 is 10.1 Å². The molecule has 0 bridgehead atoms.